The van der Waals surface area contributed by atoms with Gasteiger partial charge in [0.15, 0.2) is 5.75 Å². The highest BCUT2D eigenvalue weighted by atomic mass is 79.9. The highest BCUT2D eigenvalue weighted by Crippen LogP contribution is 2.35. The number of nitrogens with one attached hydrogen (secondary N) is 1. The number of carbonyl (C=O) groups excluding carboxylic acids is 1. The Labute approximate surface area is 165 Å². The zero-order valence-corrected chi connectivity index (χ0v) is 16.2. The van der Waals surface area contributed by atoms with Crippen LogP contribution in [0.25, 0.3) is 6.08 Å². The van der Waals surface area contributed by atoms with Crippen molar-refractivity contribution in [3.63, 3.8) is 0 Å². The van der Waals surface area contributed by atoms with Crippen molar-refractivity contribution in [1.82, 2.24) is 0 Å². The van der Waals surface area contributed by atoms with Crippen LogP contribution in [0.3, 0.4) is 0 Å². The maximum absolute atomic E-state index is 12.3. The van der Waals surface area contributed by atoms with Crippen molar-refractivity contribution in [3.05, 3.63) is 62.6 Å². The molecular formula is C20H14BrClN2O2. The summed E-state index contributed by atoms with van der Waals surface area (Å²) in [6.07, 6.45) is 6.62. The van der Waals surface area contributed by atoms with Crippen LogP contribution < -0.4 is 10.1 Å². The molecule has 0 heterocycles. The Hall–Kier alpha value is -2.73. The van der Waals surface area contributed by atoms with Gasteiger partial charge in [-0.25, -0.2) is 0 Å². The molecule has 2 rings (SSSR count). The monoisotopic (exact) mass is 428 g/mol. The minimum Gasteiger partial charge on any atom is -0.478 e. The van der Waals surface area contributed by atoms with Gasteiger partial charge in [0.1, 0.15) is 18.2 Å². The average Bonchev–Trinajstić information content (AvgIpc) is 2.61. The topological polar surface area (TPSA) is 62.1 Å². The first-order valence-electron chi connectivity index (χ1n) is 7.49. The second-order valence-corrected chi connectivity index (χ2v) is 6.56. The maximum Gasteiger partial charge on any atom is 0.266 e. The second-order valence-electron chi connectivity index (χ2n) is 5.30. The molecule has 2 aromatic carbocycles. The zero-order chi connectivity index (χ0) is 19.1. The lowest BCUT2D eigenvalue weighted by Crippen LogP contribution is -2.13. The number of halogens is 2. The third-order valence-electron chi connectivity index (χ3n) is 3.31. The van der Waals surface area contributed by atoms with E-state index in [1.54, 1.807) is 24.3 Å². The van der Waals surface area contributed by atoms with Crippen LogP contribution in [0.1, 0.15) is 11.1 Å². The molecule has 1 amide bonds. The molecule has 0 fully saturated rings. The Morgan fingerprint density at radius 2 is 2.08 bits per heavy atom. The fraction of sp³-hybridized carbons (Fsp3) is 0.100. The van der Waals surface area contributed by atoms with E-state index in [9.17, 15) is 10.1 Å². The van der Waals surface area contributed by atoms with Crippen molar-refractivity contribution in [1.29, 1.82) is 5.26 Å². The summed E-state index contributed by atoms with van der Waals surface area (Å²) < 4.78 is 5.93. The Balaban J connectivity index is 2.25. The Morgan fingerprint density at radius 3 is 2.65 bits per heavy atom. The zero-order valence-electron chi connectivity index (χ0n) is 13.8. The summed E-state index contributed by atoms with van der Waals surface area (Å²) in [4.78, 5) is 12.3. The van der Waals surface area contributed by atoms with Crippen LogP contribution in [0.2, 0.25) is 5.02 Å². The van der Waals surface area contributed by atoms with Gasteiger partial charge in [0, 0.05) is 5.69 Å². The van der Waals surface area contributed by atoms with Crippen LogP contribution in [-0.2, 0) is 4.79 Å². The van der Waals surface area contributed by atoms with Gasteiger partial charge in [-0.2, -0.15) is 5.26 Å². The van der Waals surface area contributed by atoms with Crippen molar-refractivity contribution >= 4 is 45.2 Å². The predicted octanol–water partition coefficient (Wildman–Crippen LogP) is 4.97. The summed E-state index contributed by atoms with van der Waals surface area (Å²) in [6.45, 7) is 2.03. The summed E-state index contributed by atoms with van der Waals surface area (Å²) >= 11 is 9.53. The van der Waals surface area contributed by atoms with Gasteiger partial charge in [-0.05, 0) is 58.8 Å². The molecule has 1 N–H and O–H groups in total. The fourth-order valence-electron chi connectivity index (χ4n) is 2.07. The van der Waals surface area contributed by atoms with E-state index in [-0.39, 0.29) is 12.2 Å². The van der Waals surface area contributed by atoms with Gasteiger partial charge >= 0.3 is 0 Å². The summed E-state index contributed by atoms with van der Waals surface area (Å²) in [7, 11) is 0. The van der Waals surface area contributed by atoms with Crippen LogP contribution in [0, 0.1) is 30.6 Å². The van der Waals surface area contributed by atoms with Crippen molar-refractivity contribution < 1.29 is 9.53 Å². The van der Waals surface area contributed by atoms with E-state index in [1.807, 2.05) is 25.1 Å². The van der Waals surface area contributed by atoms with E-state index in [4.69, 9.17) is 22.8 Å². The molecule has 0 saturated heterocycles. The molecule has 0 atom stereocenters. The van der Waals surface area contributed by atoms with Gasteiger partial charge in [-0.3, -0.25) is 4.79 Å². The van der Waals surface area contributed by atoms with E-state index in [0.29, 0.717) is 26.5 Å². The smallest absolute Gasteiger partial charge is 0.266 e. The fourth-order valence-corrected chi connectivity index (χ4v) is 3.05. The Kier molecular flexibility index (Phi) is 6.86. The van der Waals surface area contributed by atoms with Crippen LogP contribution in [-0.4, -0.2) is 12.5 Å². The number of aryl methyl sites for hydroxylation is 1. The molecule has 26 heavy (non-hydrogen) atoms. The lowest BCUT2D eigenvalue weighted by Gasteiger charge is -2.09. The number of anilines is 1. The van der Waals surface area contributed by atoms with Gasteiger partial charge in [-0.15, -0.1) is 6.42 Å². The molecule has 130 valence electrons. The molecule has 2 aromatic rings. The number of hydrogen-bond acceptors (Lipinski definition) is 3. The lowest BCUT2D eigenvalue weighted by atomic mass is 10.1. The number of terminal acetylenes is 1. The van der Waals surface area contributed by atoms with E-state index < -0.39 is 5.91 Å². The molecule has 0 aromatic heterocycles. The largest absolute Gasteiger partial charge is 0.478 e. The van der Waals surface area contributed by atoms with Crippen molar-refractivity contribution in [3.8, 4) is 24.2 Å². The summed E-state index contributed by atoms with van der Waals surface area (Å²) in [5, 5.41) is 12.3. The standard InChI is InChI=1S/C20H14BrClN2O2/c1-3-8-26-19-17(21)10-14(11-18(19)22)9-15(12-23)20(25)24-16-6-4-13(2)5-7-16/h1,4-7,9-11H,8H2,2H3,(H,24,25)/b15-9-. The predicted molar refractivity (Wildman–Crippen MR) is 107 cm³/mol. The molecule has 0 bridgehead atoms. The number of hydrogen-bond donors (Lipinski definition) is 1. The van der Waals surface area contributed by atoms with Gasteiger partial charge in [0.05, 0.1) is 9.50 Å². The van der Waals surface area contributed by atoms with Crippen LogP contribution in [0.5, 0.6) is 5.75 Å². The Morgan fingerprint density at radius 1 is 1.38 bits per heavy atom. The van der Waals surface area contributed by atoms with Crippen molar-refractivity contribution in [2.75, 3.05) is 11.9 Å². The quantitative estimate of drug-likeness (QED) is 0.415. The van der Waals surface area contributed by atoms with Crippen molar-refractivity contribution in [2.45, 2.75) is 6.92 Å². The molecule has 4 nitrogen and oxygen atoms in total. The molecule has 0 aliphatic carbocycles. The number of nitrogens with zero attached hydrogens (tertiary/aromatic N) is 1. The first kappa shape index (κ1) is 19.6. The molecule has 0 unspecified atom stereocenters. The minimum atomic E-state index is -0.503. The van der Waals surface area contributed by atoms with E-state index in [1.165, 1.54) is 6.08 Å². The number of carbonyl (C=O) groups is 1. The van der Waals surface area contributed by atoms with Gasteiger partial charge in [-0.1, -0.05) is 35.2 Å². The number of benzene rings is 2. The number of ether oxygens (including phenoxy) is 1. The molecule has 0 spiro atoms. The summed E-state index contributed by atoms with van der Waals surface area (Å²) in [5.74, 6) is 2.26. The van der Waals surface area contributed by atoms with E-state index >= 15 is 0 Å². The summed E-state index contributed by atoms with van der Waals surface area (Å²) in [5.41, 5.74) is 2.21. The summed E-state index contributed by atoms with van der Waals surface area (Å²) in [6, 6.07) is 12.5. The van der Waals surface area contributed by atoms with Crippen LogP contribution in [0.4, 0.5) is 5.69 Å². The van der Waals surface area contributed by atoms with Gasteiger partial charge in [0.25, 0.3) is 5.91 Å². The molecule has 6 heteroatoms. The van der Waals surface area contributed by atoms with Crippen LogP contribution in [0.15, 0.2) is 46.4 Å². The average molecular weight is 430 g/mol. The van der Waals surface area contributed by atoms with Crippen LogP contribution >= 0.6 is 27.5 Å². The SMILES string of the molecule is C#CCOc1c(Cl)cc(/C=C(/C#N)C(=O)Nc2ccc(C)cc2)cc1Br. The number of rotatable bonds is 5. The second kappa shape index (κ2) is 9.10. The maximum atomic E-state index is 12.3. The normalized spacial score (nSPS) is 10.6. The molecule has 0 aliphatic heterocycles. The van der Waals surface area contributed by atoms with Gasteiger partial charge in [0.2, 0.25) is 0 Å². The van der Waals surface area contributed by atoms with E-state index in [0.717, 1.165) is 5.56 Å². The lowest BCUT2D eigenvalue weighted by molar-refractivity contribution is -0.112. The highest BCUT2D eigenvalue weighted by Gasteiger charge is 2.12. The highest BCUT2D eigenvalue weighted by molar-refractivity contribution is 9.10. The van der Waals surface area contributed by atoms with E-state index in [2.05, 4.69) is 27.2 Å². The number of nitriles is 1. The van der Waals surface area contributed by atoms with Gasteiger partial charge < -0.3 is 10.1 Å². The third-order valence-corrected chi connectivity index (χ3v) is 4.18. The molecular weight excluding hydrogens is 416 g/mol. The molecule has 0 radical (unpaired) electrons. The molecule has 0 saturated carbocycles. The minimum absolute atomic E-state index is 0.0502. The number of amides is 1. The first-order valence-corrected chi connectivity index (χ1v) is 8.67. The Bertz CT molecular complexity index is 915. The third kappa shape index (κ3) is 5.13. The van der Waals surface area contributed by atoms with Crippen molar-refractivity contribution in [2.24, 2.45) is 0 Å². The molecule has 0 aliphatic rings. The first-order chi connectivity index (χ1) is 12.4.